The van der Waals surface area contributed by atoms with E-state index in [1.165, 1.54) is 20.2 Å². The van der Waals surface area contributed by atoms with Crippen LogP contribution in [0.3, 0.4) is 0 Å². The van der Waals surface area contributed by atoms with Gasteiger partial charge in [0, 0.05) is 27.2 Å². The highest BCUT2D eigenvalue weighted by molar-refractivity contribution is 7.12. The van der Waals surface area contributed by atoms with Crippen LogP contribution >= 0.6 is 22.7 Å². The van der Waals surface area contributed by atoms with Crippen LogP contribution in [0.5, 0.6) is 0 Å². The largest absolute Gasteiger partial charge is 0.305 e. The predicted octanol–water partition coefficient (Wildman–Crippen LogP) is 4.15. The first-order valence-electron chi connectivity index (χ1n) is 5.89. The van der Waals surface area contributed by atoms with Crippen LogP contribution in [0.2, 0.25) is 0 Å². The van der Waals surface area contributed by atoms with Crippen LogP contribution in [0.15, 0.2) is 18.2 Å². The second-order valence-electron chi connectivity index (χ2n) is 4.35. The number of nitriles is 1. The second-order valence-corrected chi connectivity index (χ2v) is 6.98. The normalized spacial score (nSPS) is 12.3. The molecule has 1 N–H and O–H groups in total. The van der Waals surface area contributed by atoms with Crippen molar-refractivity contribution >= 4 is 22.7 Å². The topological polar surface area (TPSA) is 35.8 Å². The summed E-state index contributed by atoms with van der Waals surface area (Å²) in [6.07, 6.45) is 0. The Kier molecular flexibility index (Phi) is 4.18. The molecule has 0 aromatic carbocycles. The van der Waals surface area contributed by atoms with Crippen molar-refractivity contribution in [2.45, 2.75) is 33.4 Å². The average Bonchev–Trinajstić information content (AvgIpc) is 2.92. The van der Waals surface area contributed by atoms with Gasteiger partial charge in [-0.3, -0.25) is 0 Å². The van der Waals surface area contributed by atoms with E-state index in [9.17, 15) is 0 Å². The fourth-order valence-corrected chi connectivity index (χ4v) is 3.76. The van der Waals surface area contributed by atoms with Crippen molar-refractivity contribution in [2.24, 2.45) is 0 Å². The minimum absolute atomic E-state index is 0.350. The van der Waals surface area contributed by atoms with E-state index < -0.39 is 0 Å². The summed E-state index contributed by atoms with van der Waals surface area (Å²) < 4.78 is 0. The van der Waals surface area contributed by atoms with Gasteiger partial charge in [0.25, 0.3) is 0 Å². The van der Waals surface area contributed by atoms with Crippen molar-refractivity contribution in [3.63, 3.8) is 0 Å². The number of hydrogen-bond acceptors (Lipinski definition) is 4. The van der Waals surface area contributed by atoms with Crippen LogP contribution in [-0.4, -0.2) is 0 Å². The summed E-state index contributed by atoms with van der Waals surface area (Å²) in [7, 11) is 0. The average molecular weight is 276 g/mol. The van der Waals surface area contributed by atoms with E-state index in [2.05, 4.69) is 38.2 Å². The summed E-state index contributed by atoms with van der Waals surface area (Å²) in [6.45, 7) is 7.33. The van der Waals surface area contributed by atoms with E-state index in [4.69, 9.17) is 5.26 Å². The van der Waals surface area contributed by atoms with E-state index >= 15 is 0 Å². The van der Waals surface area contributed by atoms with Gasteiger partial charge in [0.05, 0.1) is 0 Å². The molecule has 1 atom stereocenters. The second kappa shape index (κ2) is 5.66. The maximum Gasteiger partial charge on any atom is 0.110 e. The third-order valence-corrected chi connectivity index (χ3v) is 4.87. The van der Waals surface area contributed by atoms with Crippen molar-refractivity contribution < 1.29 is 0 Å². The van der Waals surface area contributed by atoms with E-state index in [1.54, 1.807) is 11.3 Å². The van der Waals surface area contributed by atoms with Gasteiger partial charge in [-0.05, 0) is 44.5 Å². The lowest BCUT2D eigenvalue weighted by molar-refractivity contribution is 0.578. The third kappa shape index (κ3) is 2.99. The van der Waals surface area contributed by atoms with Gasteiger partial charge in [0.1, 0.15) is 10.9 Å². The molecule has 0 aliphatic rings. The summed E-state index contributed by atoms with van der Waals surface area (Å²) in [5.74, 6) is 0. The molecule has 0 amide bonds. The van der Waals surface area contributed by atoms with Gasteiger partial charge < -0.3 is 5.32 Å². The molecule has 2 heterocycles. The lowest BCUT2D eigenvalue weighted by Gasteiger charge is -2.12. The molecule has 2 rings (SSSR count). The molecule has 0 aliphatic heterocycles. The van der Waals surface area contributed by atoms with Crippen LogP contribution in [0.25, 0.3) is 0 Å². The van der Waals surface area contributed by atoms with Crippen molar-refractivity contribution in [3.05, 3.63) is 43.3 Å². The molecular weight excluding hydrogens is 260 g/mol. The third-order valence-electron chi connectivity index (χ3n) is 2.90. The summed E-state index contributed by atoms with van der Waals surface area (Å²) in [5.41, 5.74) is 1.38. The monoisotopic (exact) mass is 276 g/mol. The minimum atomic E-state index is 0.350. The molecule has 0 saturated carbocycles. The molecule has 0 fully saturated rings. The lowest BCUT2D eigenvalue weighted by atomic mass is 10.1. The van der Waals surface area contributed by atoms with Crippen LogP contribution < -0.4 is 5.32 Å². The molecule has 1 unspecified atom stereocenters. The van der Waals surface area contributed by atoms with Gasteiger partial charge in [-0.25, -0.2) is 0 Å². The molecule has 0 radical (unpaired) electrons. The molecule has 2 nitrogen and oxygen atoms in total. The van der Waals surface area contributed by atoms with Crippen molar-refractivity contribution in [1.82, 2.24) is 5.32 Å². The first kappa shape index (κ1) is 13.3. The van der Waals surface area contributed by atoms with Gasteiger partial charge in [0.2, 0.25) is 0 Å². The first-order valence-corrected chi connectivity index (χ1v) is 7.52. The molecule has 2 aromatic heterocycles. The molecule has 0 bridgehead atoms. The van der Waals surface area contributed by atoms with Crippen LogP contribution in [0, 0.1) is 25.2 Å². The van der Waals surface area contributed by atoms with Gasteiger partial charge in [-0.2, -0.15) is 5.26 Å². The maximum atomic E-state index is 8.79. The SMILES string of the molecule is Cc1cc(C(C)NCc2ccc(C#N)s2)c(C)s1. The quantitative estimate of drug-likeness (QED) is 0.910. The number of thiophene rings is 2. The lowest BCUT2D eigenvalue weighted by Crippen LogP contribution is -2.17. The number of nitrogens with one attached hydrogen (secondary N) is 1. The fourth-order valence-electron chi connectivity index (χ4n) is 1.98. The van der Waals surface area contributed by atoms with Crippen LogP contribution in [-0.2, 0) is 6.54 Å². The number of rotatable bonds is 4. The Morgan fingerprint density at radius 2 is 2.11 bits per heavy atom. The number of hydrogen-bond donors (Lipinski definition) is 1. The smallest absolute Gasteiger partial charge is 0.110 e. The summed E-state index contributed by atoms with van der Waals surface area (Å²) in [4.78, 5) is 4.74. The first-order chi connectivity index (χ1) is 8.60. The minimum Gasteiger partial charge on any atom is -0.305 e. The predicted molar refractivity (Wildman–Crippen MR) is 78.1 cm³/mol. The van der Waals surface area contributed by atoms with E-state index in [0.717, 1.165) is 11.4 Å². The Labute approximate surface area is 116 Å². The number of nitrogens with zero attached hydrogens (tertiary/aromatic N) is 1. The zero-order valence-electron chi connectivity index (χ0n) is 10.8. The molecular formula is C14H16N2S2. The highest BCUT2D eigenvalue weighted by atomic mass is 32.1. The Morgan fingerprint density at radius 1 is 1.33 bits per heavy atom. The Morgan fingerprint density at radius 3 is 2.67 bits per heavy atom. The Hall–Kier alpha value is -1.15. The summed E-state index contributed by atoms with van der Waals surface area (Å²) >= 11 is 3.40. The van der Waals surface area contributed by atoms with Gasteiger partial charge in [-0.15, -0.1) is 22.7 Å². The molecule has 0 saturated heterocycles. The zero-order chi connectivity index (χ0) is 13.1. The number of aryl methyl sites for hydroxylation is 2. The zero-order valence-corrected chi connectivity index (χ0v) is 12.4. The summed E-state index contributed by atoms with van der Waals surface area (Å²) in [6, 6.07) is 8.68. The fraction of sp³-hybridized carbons (Fsp3) is 0.357. The van der Waals surface area contributed by atoms with Crippen LogP contribution in [0.4, 0.5) is 0 Å². The van der Waals surface area contributed by atoms with Crippen molar-refractivity contribution in [3.8, 4) is 6.07 Å². The molecule has 4 heteroatoms. The summed E-state index contributed by atoms with van der Waals surface area (Å²) in [5, 5.41) is 12.3. The van der Waals surface area contributed by atoms with E-state index in [1.807, 2.05) is 23.5 Å². The Bertz CT molecular complexity index is 575. The van der Waals surface area contributed by atoms with Crippen molar-refractivity contribution in [2.75, 3.05) is 0 Å². The van der Waals surface area contributed by atoms with E-state index in [0.29, 0.717) is 6.04 Å². The van der Waals surface area contributed by atoms with Crippen molar-refractivity contribution in [1.29, 1.82) is 5.26 Å². The standard InChI is InChI=1S/C14H16N2S2/c1-9-6-14(11(3)17-9)10(2)16-8-13-5-4-12(7-15)18-13/h4-6,10,16H,8H2,1-3H3. The maximum absolute atomic E-state index is 8.79. The highest BCUT2D eigenvalue weighted by Gasteiger charge is 2.11. The highest BCUT2D eigenvalue weighted by Crippen LogP contribution is 2.26. The van der Waals surface area contributed by atoms with Crippen LogP contribution in [0.1, 0.15) is 38.0 Å². The molecule has 94 valence electrons. The Balaban J connectivity index is 1.98. The molecule has 0 spiro atoms. The van der Waals surface area contributed by atoms with Gasteiger partial charge >= 0.3 is 0 Å². The van der Waals surface area contributed by atoms with Gasteiger partial charge in [-0.1, -0.05) is 0 Å². The molecule has 18 heavy (non-hydrogen) atoms. The van der Waals surface area contributed by atoms with Gasteiger partial charge in [0.15, 0.2) is 0 Å². The molecule has 2 aromatic rings. The van der Waals surface area contributed by atoms with E-state index in [-0.39, 0.29) is 0 Å². The molecule has 0 aliphatic carbocycles.